The number of aromatic nitrogens is 3. The number of halogens is 1. The third-order valence-electron chi connectivity index (χ3n) is 4.48. The molecule has 5 nitrogen and oxygen atoms in total. The molecule has 1 amide bonds. The highest BCUT2D eigenvalue weighted by molar-refractivity contribution is 9.11. The molecule has 0 fully saturated rings. The average molecular weight is 433 g/mol. The summed E-state index contributed by atoms with van der Waals surface area (Å²) in [6, 6.07) is 12.3. The lowest BCUT2D eigenvalue weighted by Gasteiger charge is -2.25. The van der Waals surface area contributed by atoms with Crippen LogP contribution in [0.5, 0.6) is 0 Å². The zero-order valence-corrected chi connectivity index (χ0v) is 17.2. The van der Waals surface area contributed by atoms with Crippen molar-refractivity contribution in [2.45, 2.75) is 32.2 Å². The van der Waals surface area contributed by atoms with Gasteiger partial charge >= 0.3 is 0 Å². The van der Waals surface area contributed by atoms with E-state index in [9.17, 15) is 4.79 Å². The maximum Gasteiger partial charge on any atom is 0.222 e. The Hall–Kier alpha value is -1.99. The number of carbonyl (C=O) groups excluding carboxylic acids is 1. The van der Waals surface area contributed by atoms with E-state index < -0.39 is 0 Å². The van der Waals surface area contributed by atoms with Gasteiger partial charge in [-0.2, -0.15) is 5.10 Å². The maximum atomic E-state index is 12.5. The molecule has 1 unspecified atom stereocenters. The van der Waals surface area contributed by atoms with Gasteiger partial charge in [0.15, 0.2) is 0 Å². The van der Waals surface area contributed by atoms with E-state index in [0.29, 0.717) is 6.42 Å². The lowest BCUT2D eigenvalue weighted by molar-refractivity contribution is -0.131. The van der Waals surface area contributed by atoms with Crippen molar-refractivity contribution in [2.24, 2.45) is 0 Å². The van der Waals surface area contributed by atoms with Gasteiger partial charge in [-0.1, -0.05) is 12.1 Å². The summed E-state index contributed by atoms with van der Waals surface area (Å²) in [4.78, 5) is 19.6. The summed E-state index contributed by atoms with van der Waals surface area (Å²) in [6.07, 6.45) is 5.55. The van der Waals surface area contributed by atoms with Crippen LogP contribution in [0, 0.1) is 0 Å². The number of thiophene rings is 1. The number of aryl methyl sites for hydroxylation is 1. The lowest BCUT2D eigenvalue weighted by Crippen LogP contribution is -2.29. The summed E-state index contributed by atoms with van der Waals surface area (Å²) in [7, 11) is 1.88. The molecule has 0 bridgehead atoms. The van der Waals surface area contributed by atoms with Gasteiger partial charge in [0.25, 0.3) is 0 Å². The van der Waals surface area contributed by atoms with Crippen LogP contribution < -0.4 is 0 Å². The monoisotopic (exact) mass is 432 g/mol. The summed E-state index contributed by atoms with van der Waals surface area (Å²) >= 11 is 5.20. The van der Waals surface area contributed by atoms with Crippen LogP contribution in [-0.2, 0) is 11.2 Å². The fourth-order valence-electron chi connectivity index (χ4n) is 2.76. The summed E-state index contributed by atoms with van der Waals surface area (Å²) in [5, 5.41) is 4.12. The van der Waals surface area contributed by atoms with Crippen molar-refractivity contribution in [1.82, 2.24) is 19.7 Å². The molecule has 1 aromatic carbocycles. The van der Waals surface area contributed by atoms with Crippen LogP contribution in [0.4, 0.5) is 0 Å². The Bertz CT molecular complexity index is 845. The maximum absolute atomic E-state index is 12.5. The van der Waals surface area contributed by atoms with Crippen molar-refractivity contribution in [3.8, 4) is 5.69 Å². The van der Waals surface area contributed by atoms with Gasteiger partial charge in [-0.15, -0.1) is 11.3 Å². The minimum atomic E-state index is 0.0307. The molecule has 0 aliphatic heterocycles. The summed E-state index contributed by atoms with van der Waals surface area (Å²) in [5.41, 5.74) is 2.06. The number of amides is 1. The number of rotatable bonds is 7. The van der Waals surface area contributed by atoms with Gasteiger partial charge in [-0.05, 0) is 65.5 Å². The van der Waals surface area contributed by atoms with Gasteiger partial charge in [0.2, 0.25) is 5.91 Å². The molecule has 7 heteroatoms. The topological polar surface area (TPSA) is 51.0 Å². The normalized spacial score (nSPS) is 12.1. The van der Waals surface area contributed by atoms with Crippen molar-refractivity contribution in [2.75, 3.05) is 7.05 Å². The van der Waals surface area contributed by atoms with Gasteiger partial charge in [0, 0.05) is 18.3 Å². The molecular weight excluding hydrogens is 412 g/mol. The largest absolute Gasteiger partial charge is 0.339 e. The molecule has 1 atom stereocenters. The first-order chi connectivity index (χ1) is 12.5. The predicted molar refractivity (Wildman–Crippen MR) is 108 cm³/mol. The van der Waals surface area contributed by atoms with Crippen molar-refractivity contribution in [3.63, 3.8) is 0 Å². The number of benzene rings is 1. The fraction of sp³-hybridized carbons (Fsp3) is 0.316. The Morgan fingerprint density at radius 1 is 1.27 bits per heavy atom. The molecule has 0 radical (unpaired) electrons. The van der Waals surface area contributed by atoms with Crippen molar-refractivity contribution in [1.29, 1.82) is 0 Å². The van der Waals surface area contributed by atoms with E-state index in [1.807, 2.05) is 36.2 Å². The molecule has 0 spiro atoms. The smallest absolute Gasteiger partial charge is 0.222 e. The summed E-state index contributed by atoms with van der Waals surface area (Å²) in [5.74, 6) is 0.175. The SMILES string of the molecule is CC(c1ccc(-n2cncn2)cc1)N(C)C(=O)CCCc1ccc(Br)s1. The molecule has 0 saturated carbocycles. The van der Waals surface area contributed by atoms with Crippen LogP contribution in [0.25, 0.3) is 5.69 Å². The molecule has 0 N–H and O–H groups in total. The van der Waals surface area contributed by atoms with Gasteiger partial charge < -0.3 is 4.90 Å². The number of nitrogens with zero attached hydrogens (tertiary/aromatic N) is 4. The van der Waals surface area contributed by atoms with Gasteiger partial charge in [-0.25, -0.2) is 9.67 Å². The number of hydrogen-bond donors (Lipinski definition) is 0. The minimum Gasteiger partial charge on any atom is -0.339 e. The zero-order chi connectivity index (χ0) is 18.5. The third-order valence-corrected chi connectivity index (χ3v) is 6.16. The molecule has 2 aromatic heterocycles. The Labute approximate surface area is 165 Å². The van der Waals surface area contributed by atoms with Crippen molar-refractivity contribution in [3.05, 3.63) is 63.3 Å². The van der Waals surface area contributed by atoms with Crippen LogP contribution in [0.3, 0.4) is 0 Å². The lowest BCUT2D eigenvalue weighted by atomic mass is 10.1. The van der Waals surface area contributed by atoms with E-state index >= 15 is 0 Å². The highest BCUT2D eigenvalue weighted by atomic mass is 79.9. The molecule has 136 valence electrons. The standard InChI is InChI=1S/C19H21BrN4OS/c1-14(15-6-8-16(9-7-15)24-13-21-12-22-24)23(2)19(25)5-3-4-17-10-11-18(20)26-17/h6-14H,3-5H2,1-2H3. The summed E-state index contributed by atoms with van der Waals surface area (Å²) < 4.78 is 2.85. The summed E-state index contributed by atoms with van der Waals surface area (Å²) in [6.45, 7) is 2.05. The second-order valence-electron chi connectivity index (χ2n) is 6.17. The second kappa shape index (κ2) is 8.60. The highest BCUT2D eigenvalue weighted by Gasteiger charge is 2.17. The number of carbonyl (C=O) groups is 1. The van der Waals surface area contributed by atoms with Crippen LogP contribution in [-0.4, -0.2) is 32.6 Å². The molecule has 26 heavy (non-hydrogen) atoms. The highest BCUT2D eigenvalue weighted by Crippen LogP contribution is 2.24. The first kappa shape index (κ1) is 18.8. The zero-order valence-electron chi connectivity index (χ0n) is 14.8. The van der Waals surface area contributed by atoms with Crippen LogP contribution >= 0.6 is 27.3 Å². The van der Waals surface area contributed by atoms with Gasteiger partial charge in [0.05, 0.1) is 15.5 Å². The van der Waals surface area contributed by atoms with E-state index in [0.717, 1.165) is 27.9 Å². The first-order valence-corrected chi connectivity index (χ1v) is 10.1. The molecule has 3 rings (SSSR count). The first-order valence-electron chi connectivity index (χ1n) is 8.49. The average Bonchev–Trinajstić information content (AvgIpc) is 3.32. The molecule has 0 aliphatic carbocycles. The second-order valence-corrected chi connectivity index (χ2v) is 8.72. The molecular formula is C19H21BrN4OS. The number of hydrogen-bond acceptors (Lipinski definition) is 4. The Morgan fingerprint density at radius 3 is 2.65 bits per heavy atom. The Balaban J connectivity index is 1.54. The van der Waals surface area contributed by atoms with Crippen molar-refractivity contribution >= 4 is 33.2 Å². The fourth-order valence-corrected chi connectivity index (χ4v) is 4.29. The third kappa shape index (κ3) is 4.59. The van der Waals surface area contributed by atoms with E-state index in [1.54, 1.807) is 22.3 Å². The van der Waals surface area contributed by atoms with Gasteiger partial charge in [0.1, 0.15) is 12.7 Å². The van der Waals surface area contributed by atoms with E-state index in [4.69, 9.17) is 0 Å². The molecule has 2 heterocycles. The van der Waals surface area contributed by atoms with E-state index in [2.05, 4.69) is 45.1 Å². The van der Waals surface area contributed by atoms with Crippen LogP contribution in [0.15, 0.2) is 52.8 Å². The predicted octanol–water partition coefficient (Wildman–Crippen LogP) is 4.63. The molecule has 3 aromatic rings. The molecule has 0 saturated heterocycles. The van der Waals surface area contributed by atoms with Crippen LogP contribution in [0.2, 0.25) is 0 Å². The van der Waals surface area contributed by atoms with Crippen LogP contribution in [0.1, 0.15) is 36.2 Å². The van der Waals surface area contributed by atoms with Gasteiger partial charge in [-0.3, -0.25) is 4.79 Å². The molecule has 0 aliphatic rings. The Morgan fingerprint density at radius 2 is 2.04 bits per heavy atom. The minimum absolute atomic E-state index is 0.0307. The van der Waals surface area contributed by atoms with E-state index in [-0.39, 0.29) is 11.9 Å². The quantitative estimate of drug-likeness (QED) is 0.546. The van der Waals surface area contributed by atoms with E-state index in [1.165, 1.54) is 11.2 Å². The Kier molecular flexibility index (Phi) is 6.21. The van der Waals surface area contributed by atoms with Crippen molar-refractivity contribution < 1.29 is 4.79 Å².